The van der Waals surface area contributed by atoms with E-state index in [1.165, 1.54) is 6.07 Å². The van der Waals surface area contributed by atoms with Crippen LogP contribution >= 0.6 is 11.6 Å². The van der Waals surface area contributed by atoms with Crippen LogP contribution in [0.1, 0.15) is 31.2 Å². The van der Waals surface area contributed by atoms with Crippen molar-refractivity contribution < 1.29 is 13.2 Å². The van der Waals surface area contributed by atoms with Crippen LogP contribution in [0, 0.1) is 0 Å². The molecule has 17 heavy (non-hydrogen) atoms. The van der Waals surface area contributed by atoms with Crippen LogP contribution in [-0.2, 0) is 6.18 Å². The lowest BCUT2D eigenvalue weighted by atomic mass is 10.1. The fraction of sp³-hybridized carbons (Fsp3) is 0.500. The number of hydrogen-bond donors (Lipinski definition) is 1. The van der Waals surface area contributed by atoms with Gasteiger partial charge in [-0.1, -0.05) is 24.4 Å². The van der Waals surface area contributed by atoms with Crippen molar-refractivity contribution in [2.24, 2.45) is 0 Å². The Bertz CT molecular complexity index is 397. The standard InChI is InChI=1S/C12H13ClF3N/c13-9-5-8(12(14,15)16)6-11(7-9)17-10-3-1-2-4-10/h5-7,10,17H,1-4H2. The summed E-state index contributed by atoms with van der Waals surface area (Å²) >= 11 is 5.70. The summed E-state index contributed by atoms with van der Waals surface area (Å²) in [6.07, 6.45) is -0.0759. The molecule has 0 aromatic heterocycles. The minimum Gasteiger partial charge on any atom is -0.382 e. The Hall–Kier alpha value is -0.900. The fourth-order valence-electron chi connectivity index (χ4n) is 2.14. The van der Waals surface area contributed by atoms with Crippen LogP contribution in [0.4, 0.5) is 18.9 Å². The average Bonchev–Trinajstić information content (AvgIpc) is 2.68. The lowest BCUT2D eigenvalue weighted by Crippen LogP contribution is -2.15. The normalized spacial score (nSPS) is 17.4. The minimum absolute atomic E-state index is 0.111. The third kappa shape index (κ3) is 3.28. The molecule has 1 aromatic carbocycles. The van der Waals surface area contributed by atoms with E-state index >= 15 is 0 Å². The lowest BCUT2D eigenvalue weighted by molar-refractivity contribution is -0.137. The summed E-state index contributed by atoms with van der Waals surface area (Å²) in [4.78, 5) is 0. The van der Waals surface area contributed by atoms with Gasteiger partial charge in [0.15, 0.2) is 0 Å². The first-order chi connectivity index (χ1) is 7.95. The molecule has 1 aliphatic carbocycles. The maximum absolute atomic E-state index is 12.6. The van der Waals surface area contributed by atoms with Gasteiger partial charge in [-0.3, -0.25) is 0 Å². The second kappa shape index (κ2) is 4.77. The molecular formula is C12H13ClF3N. The third-order valence-electron chi connectivity index (χ3n) is 2.95. The Kier molecular flexibility index (Phi) is 3.52. The van der Waals surface area contributed by atoms with Gasteiger partial charge in [-0.2, -0.15) is 13.2 Å². The molecule has 0 atom stereocenters. The van der Waals surface area contributed by atoms with Crippen LogP contribution in [0.15, 0.2) is 18.2 Å². The van der Waals surface area contributed by atoms with E-state index < -0.39 is 11.7 Å². The largest absolute Gasteiger partial charge is 0.416 e. The molecule has 1 nitrogen and oxygen atoms in total. The van der Waals surface area contributed by atoms with Crippen LogP contribution < -0.4 is 5.32 Å². The minimum atomic E-state index is -4.35. The number of nitrogens with one attached hydrogen (secondary N) is 1. The van der Waals surface area contributed by atoms with E-state index in [1.807, 2.05) is 0 Å². The molecule has 0 amide bonds. The van der Waals surface area contributed by atoms with Gasteiger partial charge in [-0.15, -0.1) is 0 Å². The third-order valence-corrected chi connectivity index (χ3v) is 3.17. The predicted molar refractivity (Wildman–Crippen MR) is 62.3 cm³/mol. The molecule has 1 aliphatic rings. The first-order valence-electron chi connectivity index (χ1n) is 5.59. The highest BCUT2D eigenvalue weighted by Gasteiger charge is 2.31. The molecule has 1 fully saturated rings. The zero-order valence-electron chi connectivity index (χ0n) is 9.15. The fourth-order valence-corrected chi connectivity index (χ4v) is 2.38. The predicted octanol–water partition coefficient (Wildman–Crippen LogP) is 4.71. The zero-order valence-corrected chi connectivity index (χ0v) is 9.91. The summed E-state index contributed by atoms with van der Waals surface area (Å²) in [5, 5.41) is 3.22. The molecule has 0 heterocycles. The number of hydrogen-bond acceptors (Lipinski definition) is 1. The summed E-state index contributed by atoms with van der Waals surface area (Å²) in [5.74, 6) is 0. The van der Waals surface area contributed by atoms with Gasteiger partial charge in [0.25, 0.3) is 0 Å². The molecule has 1 saturated carbocycles. The molecule has 0 radical (unpaired) electrons. The number of alkyl halides is 3. The molecule has 0 unspecified atom stereocenters. The van der Waals surface area contributed by atoms with Gasteiger partial charge in [0.05, 0.1) is 5.56 Å². The second-order valence-electron chi connectivity index (χ2n) is 4.35. The molecule has 5 heteroatoms. The highest BCUT2D eigenvalue weighted by molar-refractivity contribution is 6.30. The van der Waals surface area contributed by atoms with E-state index in [1.54, 1.807) is 0 Å². The van der Waals surface area contributed by atoms with Gasteiger partial charge in [-0.05, 0) is 31.0 Å². The quantitative estimate of drug-likeness (QED) is 0.815. The molecule has 0 aliphatic heterocycles. The molecule has 1 aromatic rings. The zero-order chi connectivity index (χ0) is 12.5. The maximum Gasteiger partial charge on any atom is 0.416 e. The SMILES string of the molecule is FC(F)(F)c1cc(Cl)cc(NC2CCCC2)c1. The van der Waals surface area contributed by atoms with Crippen LogP contribution in [-0.4, -0.2) is 6.04 Å². The first kappa shape index (κ1) is 12.6. The van der Waals surface area contributed by atoms with Crippen LogP contribution in [0.3, 0.4) is 0 Å². The molecule has 0 spiro atoms. The second-order valence-corrected chi connectivity index (χ2v) is 4.79. The molecule has 2 rings (SSSR count). The molecule has 94 valence electrons. The summed E-state index contributed by atoms with van der Waals surface area (Å²) in [5.41, 5.74) is -0.248. The Labute approximate surface area is 103 Å². The number of halogens is 4. The Morgan fingerprint density at radius 2 is 1.76 bits per heavy atom. The Balaban J connectivity index is 2.19. The summed E-state index contributed by atoms with van der Waals surface area (Å²) in [7, 11) is 0. The van der Waals surface area contributed by atoms with Gasteiger partial charge in [-0.25, -0.2) is 0 Å². The smallest absolute Gasteiger partial charge is 0.382 e. The van der Waals surface area contributed by atoms with Crippen molar-refractivity contribution in [2.75, 3.05) is 5.32 Å². The molecular weight excluding hydrogens is 251 g/mol. The van der Waals surface area contributed by atoms with Gasteiger partial charge in [0.1, 0.15) is 0 Å². The van der Waals surface area contributed by atoms with Gasteiger partial charge in [0.2, 0.25) is 0 Å². The maximum atomic E-state index is 12.6. The van der Waals surface area contributed by atoms with Crippen molar-refractivity contribution in [3.63, 3.8) is 0 Å². The molecule has 0 bridgehead atoms. The summed E-state index contributed by atoms with van der Waals surface area (Å²) in [6, 6.07) is 3.87. The van der Waals surface area contributed by atoms with Gasteiger partial charge >= 0.3 is 6.18 Å². The van der Waals surface area contributed by atoms with Crippen LogP contribution in [0.5, 0.6) is 0 Å². The van der Waals surface area contributed by atoms with E-state index in [0.29, 0.717) is 5.69 Å². The van der Waals surface area contributed by atoms with Crippen molar-refractivity contribution in [3.05, 3.63) is 28.8 Å². The average molecular weight is 264 g/mol. The number of rotatable bonds is 2. The van der Waals surface area contributed by atoms with E-state index in [2.05, 4.69) is 5.32 Å². The summed E-state index contributed by atoms with van der Waals surface area (Å²) in [6.45, 7) is 0. The lowest BCUT2D eigenvalue weighted by Gasteiger charge is -2.16. The van der Waals surface area contributed by atoms with Crippen molar-refractivity contribution >= 4 is 17.3 Å². The van der Waals surface area contributed by atoms with E-state index in [0.717, 1.165) is 37.8 Å². The van der Waals surface area contributed by atoms with Gasteiger partial charge < -0.3 is 5.32 Å². The van der Waals surface area contributed by atoms with Gasteiger partial charge in [0, 0.05) is 16.8 Å². The van der Waals surface area contributed by atoms with E-state index in [9.17, 15) is 13.2 Å². The monoisotopic (exact) mass is 263 g/mol. The van der Waals surface area contributed by atoms with Crippen LogP contribution in [0.25, 0.3) is 0 Å². The Morgan fingerprint density at radius 3 is 2.35 bits per heavy atom. The Morgan fingerprint density at radius 1 is 1.12 bits per heavy atom. The first-order valence-corrected chi connectivity index (χ1v) is 5.97. The van der Waals surface area contributed by atoms with E-state index in [-0.39, 0.29) is 11.1 Å². The van der Waals surface area contributed by atoms with Crippen molar-refractivity contribution in [1.82, 2.24) is 0 Å². The topological polar surface area (TPSA) is 12.0 Å². The number of benzene rings is 1. The summed E-state index contributed by atoms with van der Waals surface area (Å²) < 4.78 is 37.7. The highest BCUT2D eigenvalue weighted by Crippen LogP contribution is 2.34. The number of anilines is 1. The van der Waals surface area contributed by atoms with Crippen LogP contribution in [0.2, 0.25) is 5.02 Å². The molecule has 1 N–H and O–H groups in total. The van der Waals surface area contributed by atoms with Crippen molar-refractivity contribution in [3.8, 4) is 0 Å². The van der Waals surface area contributed by atoms with Crippen molar-refractivity contribution in [1.29, 1.82) is 0 Å². The van der Waals surface area contributed by atoms with E-state index in [4.69, 9.17) is 11.6 Å². The molecule has 0 saturated heterocycles. The van der Waals surface area contributed by atoms with Crippen molar-refractivity contribution in [2.45, 2.75) is 37.9 Å². The highest BCUT2D eigenvalue weighted by atomic mass is 35.5.